The lowest BCUT2D eigenvalue weighted by Crippen LogP contribution is -2.52. The molecule has 3 unspecified atom stereocenters. The number of hydrogen-bond acceptors (Lipinski definition) is 5. The number of nitrogens with two attached hydrogens (primary N) is 1. The van der Waals surface area contributed by atoms with Crippen LogP contribution in [-0.2, 0) is 22.7 Å². The molecular formula is C23H26N4O3. The second-order valence-corrected chi connectivity index (χ2v) is 7.97. The van der Waals surface area contributed by atoms with Crippen LogP contribution in [0.2, 0.25) is 0 Å². The van der Waals surface area contributed by atoms with Gasteiger partial charge in [-0.3, -0.25) is 19.7 Å². The Kier molecular flexibility index (Phi) is 5.65. The zero-order valence-electron chi connectivity index (χ0n) is 16.9. The second-order valence-electron chi connectivity index (χ2n) is 7.97. The number of benzene rings is 2. The van der Waals surface area contributed by atoms with Gasteiger partial charge in [0.25, 0.3) is 5.91 Å². The van der Waals surface area contributed by atoms with Crippen molar-refractivity contribution in [2.24, 2.45) is 5.73 Å². The maximum atomic E-state index is 13.0. The summed E-state index contributed by atoms with van der Waals surface area (Å²) < 4.78 is 0. The molecule has 156 valence electrons. The van der Waals surface area contributed by atoms with Gasteiger partial charge in [-0.2, -0.15) is 0 Å². The highest BCUT2D eigenvalue weighted by Crippen LogP contribution is 2.30. The summed E-state index contributed by atoms with van der Waals surface area (Å²) in [5.74, 6) is -0.838. The van der Waals surface area contributed by atoms with Gasteiger partial charge in [-0.05, 0) is 36.1 Å². The molecule has 1 saturated heterocycles. The molecule has 0 aliphatic carbocycles. The third-order valence-corrected chi connectivity index (χ3v) is 5.88. The van der Waals surface area contributed by atoms with E-state index < -0.39 is 11.9 Å². The number of fused-ring (bicyclic) bond motifs is 1. The summed E-state index contributed by atoms with van der Waals surface area (Å²) in [6, 6.07) is 15.0. The number of hydrogen-bond donors (Lipinski definition) is 3. The van der Waals surface area contributed by atoms with E-state index in [1.807, 2.05) is 49.4 Å². The van der Waals surface area contributed by atoms with Crippen LogP contribution in [0.15, 0.2) is 48.5 Å². The van der Waals surface area contributed by atoms with Gasteiger partial charge in [0, 0.05) is 37.2 Å². The molecule has 7 nitrogen and oxygen atoms in total. The van der Waals surface area contributed by atoms with Crippen LogP contribution in [0.3, 0.4) is 0 Å². The Morgan fingerprint density at radius 2 is 1.90 bits per heavy atom. The fourth-order valence-corrected chi connectivity index (χ4v) is 4.30. The minimum Gasteiger partial charge on any atom is -0.326 e. The lowest BCUT2D eigenvalue weighted by Gasteiger charge is -2.29. The van der Waals surface area contributed by atoms with Gasteiger partial charge < -0.3 is 16.0 Å². The number of nitrogens with zero attached hydrogens (tertiary/aromatic N) is 1. The van der Waals surface area contributed by atoms with Crippen molar-refractivity contribution in [1.82, 2.24) is 15.5 Å². The Morgan fingerprint density at radius 1 is 1.13 bits per heavy atom. The smallest absolute Gasteiger partial charge is 0.255 e. The topological polar surface area (TPSA) is 105 Å². The van der Waals surface area contributed by atoms with Gasteiger partial charge in [0.15, 0.2) is 0 Å². The van der Waals surface area contributed by atoms with E-state index in [1.165, 1.54) is 0 Å². The molecule has 2 aliphatic rings. The molecule has 1 fully saturated rings. The second kappa shape index (κ2) is 8.38. The average Bonchev–Trinajstić information content (AvgIpc) is 3.06. The van der Waals surface area contributed by atoms with Gasteiger partial charge in [0.1, 0.15) is 6.04 Å². The van der Waals surface area contributed by atoms with E-state index in [0.717, 1.165) is 16.7 Å². The highest BCUT2D eigenvalue weighted by Gasteiger charge is 2.39. The van der Waals surface area contributed by atoms with Crippen LogP contribution >= 0.6 is 0 Å². The van der Waals surface area contributed by atoms with E-state index in [0.29, 0.717) is 25.1 Å². The van der Waals surface area contributed by atoms with E-state index in [9.17, 15) is 14.4 Å². The van der Waals surface area contributed by atoms with Gasteiger partial charge in [0.2, 0.25) is 11.8 Å². The first-order valence-corrected chi connectivity index (χ1v) is 10.2. The molecule has 0 saturated carbocycles. The molecule has 7 heteroatoms. The van der Waals surface area contributed by atoms with Gasteiger partial charge >= 0.3 is 0 Å². The molecule has 3 amide bonds. The van der Waals surface area contributed by atoms with E-state index in [1.54, 1.807) is 11.0 Å². The predicted octanol–water partition coefficient (Wildman–Crippen LogP) is 1.63. The maximum absolute atomic E-state index is 13.0. The third-order valence-electron chi connectivity index (χ3n) is 5.88. The van der Waals surface area contributed by atoms with E-state index >= 15 is 0 Å². The number of rotatable bonds is 6. The molecule has 4 N–H and O–H groups in total. The number of carbonyl (C=O) groups is 3. The zero-order chi connectivity index (χ0) is 21.3. The van der Waals surface area contributed by atoms with Gasteiger partial charge in [-0.1, -0.05) is 42.5 Å². The molecule has 2 aromatic rings. The van der Waals surface area contributed by atoms with Crippen LogP contribution in [0, 0.1) is 0 Å². The number of nitrogens with one attached hydrogen (secondary N) is 2. The predicted molar refractivity (Wildman–Crippen MR) is 112 cm³/mol. The minimum atomic E-state index is -0.607. The lowest BCUT2D eigenvalue weighted by atomic mass is 9.99. The van der Waals surface area contributed by atoms with Crippen LogP contribution in [0.5, 0.6) is 0 Å². The molecule has 0 radical (unpaired) electrons. The van der Waals surface area contributed by atoms with Crippen molar-refractivity contribution in [2.45, 2.75) is 51.0 Å². The Bertz CT molecular complexity index is 974. The standard InChI is InChI=1S/C23H26N4O3/c1-14(24)21(15-6-3-2-4-7-15)25-12-16-8-5-9-17-18(16)13-27(23(17)30)19-10-11-20(28)26-22(19)29/h2-9,14,19,21,25H,10-13,24H2,1H3,(H,26,28,29). The molecule has 2 aliphatic heterocycles. The summed E-state index contributed by atoms with van der Waals surface area (Å²) in [7, 11) is 0. The van der Waals surface area contributed by atoms with Crippen LogP contribution in [0.1, 0.15) is 52.9 Å². The van der Waals surface area contributed by atoms with E-state index in [-0.39, 0.29) is 30.3 Å². The fourth-order valence-electron chi connectivity index (χ4n) is 4.30. The van der Waals surface area contributed by atoms with Crippen LogP contribution in [0.25, 0.3) is 0 Å². The number of amides is 3. The molecule has 0 aromatic heterocycles. The zero-order valence-corrected chi connectivity index (χ0v) is 16.9. The summed E-state index contributed by atoms with van der Waals surface area (Å²) >= 11 is 0. The summed E-state index contributed by atoms with van der Waals surface area (Å²) in [5.41, 5.74) is 9.89. The SMILES string of the molecule is CC(N)C(NCc1cccc2c1CN(C1CCC(=O)NC1=O)C2=O)c1ccccc1. The Hall–Kier alpha value is -3.03. The van der Waals surface area contributed by atoms with Gasteiger partial charge in [0.05, 0.1) is 0 Å². The quantitative estimate of drug-likeness (QED) is 0.633. The summed E-state index contributed by atoms with van der Waals surface area (Å²) in [6.45, 7) is 2.89. The molecule has 2 heterocycles. The Morgan fingerprint density at radius 3 is 2.60 bits per heavy atom. The van der Waals surface area contributed by atoms with Crippen molar-refractivity contribution in [3.63, 3.8) is 0 Å². The fraction of sp³-hybridized carbons (Fsp3) is 0.348. The average molecular weight is 406 g/mol. The summed E-state index contributed by atoms with van der Waals surface area (Å²) in [5, 5.41) is 5.87. The molecule has 2 aromatic carbocycles. The van der Waals surface area contributed by atoms with Crippen LogP contribution < -0.4 is 16.4 Å². The number of carbonyl (C=O) groups excluding carboxylic acids is 3. The first kappa shape index (κ1) is 20.3. The summed E-state index contributed by atoms with van der Waals surface area (Å²) in [4.78, 5) is 38.3. The Labute approximate surface area is 175 Å². The monoisotopic (exact) mass is 406 g/mol. The highest BCUT2D eigenvalue weighted by molar-refractivity contribution is 6.05. The maximum Gasteiger partial charge on any atom is 0.255 e. The lowest BCUT2D eigenvalue weighted by molar-refractivity contribution is -0.136. The van der Waals surface area contributed by atoms with Crippen molar-refractivity contribution < 1.29 is 14.4 Å². The molecule has 0 bridgehead atoms. The van der Waals surface area contributed by atoms with Crippen molar-refractivity contribution in [1.29, 1.82) is 0 Å². The molecular weight excluding hydrogens is 380 g/mol. The molecule has 30 heavy (non-hydrogen) atoms. The van der Waals surface area contributed by atoms with Gasteiger partial charge in [-0.25, -0.2) is 0 Å². The van der Waals surface area contributed by atoms with Gasteiger partial charge in [-0.15, -0.1) is 0 Å². The molecule has 0 spiro atoms. The highest BCUT2D eigenvalue weighted by atomic mass is 16.2. The van der Waals surface area contributed by atoms with Crippen molar-refractivity contribution >= 4 is 17.7 Å². The normalized spacial score (nSPS) is 20.7. The van der Waals surface area contributed by atoms with Crippen molar-refractivity contribution in [2.75, 3.05) is 0 Å². The number of imide groups is 1. The van der Waals surface area contributed by atoms with Crippen molar-refractivity contribution in [3.05, 3.63) is 70.8 Å². The third kappa shape index (κ3) is 3.86. The summed E-state index contributed by atoms with van der Waals surface area (Å²) in [6.07, 6.45) is 0.608. The molecule has 4 rings (SSSR count). The number of piperidine rings is 1. The minimum absolute atomic E-state index is 0.0228. The first-order valence-electron chi connectivity index (χ1n) is 10.2. The largest absolute Gasteiger partial charge is 0.326 e. The van der Waals surface area contributed by atoms with E-state index in [4.69, 9.17) is 5.73 Å². The van der Waals surface area contributed by atoms with Crippen LogP contribution in [-0.4, -0.2) is 34.7 Å². The van der Waals surface area contributed by atoms with Crippen LogP contribution in [0.4, 0.5) is 0 Å². The Balaban J connectivity index is 1.53. The molecule has 3 atom stereocenters. The first-order chi connectivity index (χ1) is 14.5. The van der Waals surface area contributed by atoms with E-state index in [2.05, 4.69) is 10.6 Å². The van der Waals surface area contributed by atoms with Crippen molar-refractivity contribution in [3.8, 4) is 0 Å².